The Balaban J connectivity index is 1.72. The molecule has 0 saturated heterocycles. The number of aromatic nitrogens is 2. The van der Waals surface area contributed by atoms with Gasteiger partial charge in [0.1, 0.15) is 17.3 Å². The van der Waals surface area contributed by atoms with Gasteiger partial charge in [-0.1, -0.05) is 12.1 Å². The lowest BCUT2D eigenvalue weighted by Gasteiger charge is -2.10. The van der Waals surface area contributed by atoms with Crippen LogP contribution in [0.5, 0.6) is 11.5 Å². The number of fused-ring (bicyclic) bond motifs is 1. The minimum absolute atomic E-state index is 0.268. The van der Waals surface area contributed by atoms with Crippen molar-refractivity contribution < 1.29 is 22.6 Å². The SMILES string of the molecule is COc1cccc(-c2nn(-c3ccc(OC(F)(F)F)cc3)c3c2CCN3)c1. The first-order valence-electron chi connectivity index (χ1n) is 8.31. The lowest BCUT2D eigenvalue weighted by molar-refractivity contribution is -0.274. The van der Waals surface area contributed by atoms with E-state index in [0.29, 0.717) is 5.69 Å². The van der Waals surface area contributed by atoms with Crippen molar-refractivity contribution in [2.45, 2.75) is 12.8 Å². The molecule has 0 atom stereocenters. The molecule has 0 amide bonds. The number of nitrogens with zero attached hydrogens (tertiary/aromatic N) is 2. The van der Waals surface area contributed by atoms with E-state index in [1.54, 1.807) is 23.9 Å². The fraction of sp³-hybridized carbons (Fsp3) is 0.211. The van der Waals surface area contributed by atoms with Gasteiger partial charge in [0.2, 0.25) is 0 Å². The maximum atomic E-state index is 12.3. The second-order valence-corrected chi connectivity index (χ2v) is 6.04. The Morgan fingerprint density at radius 2 is 1.85 bits per heavy atom. The normalized spacial score (nSPS) is 13.2. The highest BCUT2D eigenvalue weighted by molar-refractivity contribution is 5.73. The maximum absolute atomic E-state index is 12.3. The van der Waals surface area contributed by atoms with E-state index < -0.39 is 6.36 Å². The van der Waals surface area contributed by atoms with Gasteiger partial charge in [-0.2, -0.15) is 5.10 Å². The van der Waals surface area contributed by atoms with E-state index in [1.165, 1.54) is 12.1 Å². The quantitative estimate of drug-likeness (QED) is 0.734. The Hall–Kier alpha value is -3.16. The van der Waals surface area contributed by atoms with Crippen molar-refractivity contribution in [1.29, 1.82) is 0 Å². The molecular weight excluding hydrogens is 359 g/mol. The highest BCUT2D eigenvalue weighted by Gasteiger charge is 2.31. The first-order chi connectivity index (χ1) is 12.9. The molecule has 0 fully saturated rings. The van der Waals surface area contributed by atoms with E-state index in [4.69, 9.17) is 4.74 Å². The van der Waals surface area contributed by atoms with Crippen LogP contribution in [0.2, 0.25) is 0 Å². The van der Waals surface area contributed by atoms with Gasteiger partial charge in [0.05, 0.1) is 18.5 Å². The van der Waals surface area contributed by atoms with Crippen molar-refractivity contribution in [3.05, 3.63) is 54.1 Å². The highest BCUT2D eigenvalue weighted by atomic mass is 19.4. The van der Waals surface area contributed by atoms with Crippen molar-refractivity contribution in [3.63, 3.8) is 0 Å². The molecule has 5 nitrogen and oxygen atoms in total. The van der Waals surface area contributed by atoms with E-state index in [9.17, 15) is 13.2 Å². The molecule has 1 aliphatic heterocycles. The number of hydrogen-bond acceptors (Lipinski definition) is 4. The Bertz CT molecular complexity index is 965. The highest BCUT2D eigenvalue weighted by Crippen LogP contribution is 2.36. The fourth-order valence-corrected chi connectivity index (χ4v) is 3.15. The number of alkyl halides is 3. The molecule has 0 saturated carbocycles. The summed E-state index contributed by atoms with van der Waals surface area (Å²) in [5, 5.41) is 7.98. The molecule has 1 N–H and O–H groups in total. The van der Waals surface area contributed by atoms with Crippen LogP contribution in [-0.4, -0.2) is 29.8 Å². The van der Waals surface area contributed by atoms with E-state index in [1.807, 2.05) is 24.3 Å². The summed E-state index contributed by atoms with van der Waals surface area (Å²) in [7, 11) is 1.61. The average Bonchev–Trinajstić information content (AvgIpc) is 3.24. The van der Waals surface area contributed by atoms with Gasteiger partial charge in [-0.25, -0.2) is 4.68 Å². The number of anilines is 1. The van der Waals surface area contributed by atoms with E-state index >= 15 is 0 Å². The first-order valence-corrected chi connectivity index (χ1v) is 8.31. The van der Waals surface area contributed by atoms with E-state index in [0.717, 1.165) is 41.4 Å². The number of halogens is 3. The zero-order valence-electron chi connectivity index (χ0n) is 14.4. The largest absolute Gasteiger partial charge is 0.573 e. The number of hydrogen-bond donors (Lipinski definition) is 1. The van der Waals surface area contributed by atoms with Gasteiger partial charge in [-0.15, -0.1) is 13.2 Å². The molecular formula is C19H16F3N3O2. The summed E-state index contributed by atoms with van der Waals surface area (Å²) in [6.07, 6.45) is -3.90. The monoisotopic (exact) mass is 375 g/mol. The van der Waals surface area contributed by atoms with Gasteiger partial charge in [0, 0.05) is 17.7 Å². The predicted molar refractivity (Wildman–Crippen MR) is 94.4 cm³/mol. The van der Waals surface area contributed by atoms with Gasteiger partial charge < -0.3 is 14.8 Å². The predicted octanol–water partition coefficient (Wildman–Crippen LogP) is 4.41. The van der Waals surface area contributed by atoms with Crippen LogP contribution in [0.25, 0.3) is 16.9 Å². The Labute approximate surface area is 153 Å². The third kappa shape index (κ3) is 3.42. The minimum atomic E-state index is -4.71. The van der Waals surface area contributed by atoms with Gasteiger partial charge in [-0.05, 0) is 42.8 Å². The zero-order chi connectivity index (χ0) is 19.0. The Kier molecular flexibility index (Phi) is 4.18. The number of ether oxygens (including phenoxy) is 2. The molecule has 0 bridgehead atoms. The molecule has 3 aromatic rings. The molecule has 4 rings (SSSR count). The molecule has 2 heterocycles. The van der Waals surface area contributed by atoms with Crippen LogP contribution in [0.4, 0.5) is 19.0 Å². The maximum Gasteiger partial charge on any atom is 0.573 e. The number of nitrogens with one attached hydrogen (secondary N) is 1. The van der Waals surface area contributed by atoms with Crippen LogP contribution >= 0.6 is 0 Å². The molecule has 27 heavy (non-hydrogen) atoms. The summed E-state index contributed by atoms with van der Waals surface area (Å²) in [6.45, 7) is 0.777. The Morgan fingerprint density at radius 3 is 2.56 bits per heavy atom. The van der Waals surface area contributed by atoms with Crippen molar-refractivity contribution in [1.82, 2.24) is 9.78 Å². The molecule has 1 aromatic heterocycles. The molecule has 0 radical (unpaired) electrons. The summed E-state index contributed by atoms with van der Waals surface area (Å²) >= 11 is 0. The molecule has 2 aromatic carbocycles. The minimum Gasteiger partial charge on any atom is -0.497 e. The molecule has 0 spiro atoms. The van der Waals surface area contributed by atoms with Gasteiger partial charge in [0.25, 0.3) is 0 Å². The molecule has 8 heteroatoms. The van der Waals surface area contributed by atoms with Gasteiger partial charge in [0.15, 0.2) is 0 Å². The van der Waals surface area contributed by atoms with E-state index in [-0.39, 0.29) is 5.75 Å². The van der Waals surface area contributed by atoms with Crippen LogP contribution in [0.3, 0.4) is 0 Å². The van der Waals surface area contributed by atoms with Crippen LogP contribution in [0.15, 0.2) is 48.5 Å². The summed E-state index contributed by atoms with van der Waals surface area (Å²) in [6, 6.07) is 13.3. The van der Waals surface area contributed by atoms with Crippen LogP contribution in [-0.2, 0) is 6.42 Å². The summed E-state index contributed by atoms with van der Waals surface area (Å²) in [5.74, 6) is 1.31. The fourth-order valence-electron chi connectivity index (χ4n) is 3.15. The van der Waals surface area contributed by atoms with E-state index in [2.05, 4.69) is 15.2 Å². The van der Waals surface area contributed by atoms with Gasteiger partial charge in [-0.3, -0.25) is 0 Å². The summed E-state index contributed by atoms with van der Waals surface area (Å²) in [5.41, 5.74) is 3.46. The van der Waals surface area contributed by atoms with Crippen molar-refractivity contribution in [2.75, 3.05) is 19.0 Å². The van der Waals surface area contributed by atoms with Crippen molar-refractivity contribution in [3.8, 4) is 28.4 Å². The zero-order valence-corrected chi connectivity index (χ0v) is 14.4. The molecule has 1 aliphatic rings. The first kappa shape index (κ1) is 17.3. The van der Waals surface area contributed by atoms with Crippen LogP contribution in [0, 0.1) is 0 Å². The van der Waals surface area contributed by atoms with Crippen molar-refractivity contribution in [2.24, 2.45) is 0 Å². The standard InChI is InChI=1S/C19H16F3N3O2/c1-26-15-4-2-3-12(11-15)17-16-9-10-23-18(16)25(24-17)13-5-7-14(8-6-13)27-19(20,21)22/h2-8,11,23H,9-10H2,1H3. The molecule has 0 aliphatic carbocycles. The number of benzene rings is 2. The van der Waals surface area contributed by atoms with Crippen molar-refractivity contribution >= 4 is 5.82 Å². The Morgan fingerprint density at radius 1 is 1.07 bits per heavy atom. The lowest BCUT2D eigenvalue weighted by Crippen LogP contribution is -2.17. The summed E-state index contributed by atoms with van der Waals surface area (Å²) < 4.78 is 47.9. The van der Waals surface area contributed by atoms with Crippen LogP contribution in [0.1, 0.15) is 5.56 Å². The topological polar surface area (TPSA) is 48.3 Å². The second-order valence-electron chi connectivity index (χ2n) is 6.04. The third-order valence-electron chi connectivity index (χ3n) is 4.31. The number of methoxy groups -OCH3 is 1. The molecule has 140 valence electrons. The molecule has 0 unspecified atom stereocenters. The second kappa shape index (κ2) is 6.53. The lowest BCUT2D eigenvalue weighted by atomic mass is 10.1. The average molecular weight is 375 g/mol. The number of rotatable bonds is 4. The third-order valence-corrected chi connectivity index (χ3v) is 4.31. The van der Waals surface area contributed by atoms with Crippen LogP contribution < -0.4 is 14.8 Å². The van der Waals surface area contributed by atoms with Gasteiger partial charge >= 0.3 is 6.36 Å². The smallest absolute Gasteiger partial charge is 0.497 e. The summed E-state index contributed by atoms with van der Waals surface area (Å²) in [4.78, 5) is 0.